The second-order valence-electron chi connectivity index (χ2n) is 6.41. The van der Waals surface area contributed by atoms with Crippen molar-refractivity contribution < 1.29 is 4.79 Å². The summed E-state index contributed by atoms with van der Waals surface area (Å²) in [6.45, 7) is 7.92. The molecule has 2 rings (SSSR count). The Bertz CT molecular complexity index is 449. The van der Waals surface area contributed by atoms with Crippen LogP contribution in [-0.2, 0) is 4.79 Å². The Kier molecular flexibility index (Phi) is 6.69. The van der Waals surface area contributed by atoms with Gasteiger partial charge in [0, 0.05) is 31.5 Å². The van der Waals surface area contributed by atoms with Crippen molar-refractivity contribution in [3.05, 3.63) is 35.9 Å². The van der Waals surface area contributed by atoms with Crippen LogP contribution >= 0.6 is 12.4 Å². The molecule has 4 heteroatoms. The summed E-state index contributed by atoms with van der Waals surface area (Å²) in [5.41, 5.74) is 7.48. The minimum absolute atomic E-state index is 0. The van der Waals surface area contributed by atoms with Crippen LogP contribution in [0.15, 0.2) is 30.3 Å². The summed E-state index contributed by atoms with van der Waals surface area (Å²) in [6, 6.07) is 10.3. The zero-order valence-corrected chi connectivity index (χ0v) is 14.0. The maximum atomic E-state index is 12.4. The molecule has 0 saturated carbocycles. The average Bonchev–Trinajstić information content (AvgIpc) is 2.81. The number of carbonyl (C=O) groups is 1. The third kappa shape index (κ3) is 4.45. The number of amides is 1. The molecule has 1 aliphatic rings. The fourth-order valence-electron chi connectivity index (χ4n) is 2.73. The molecule has 0 aromatic heterocycles. The van der Waals surface area contributed by atoms with Gasteiger partial charge in [0.25, 0.3) is 0 Å². The number of rotatable bonds is 4. The molecular formula is C17H27ClN2O. The monoisotopic (exact) mass is 310 g/mol. The summed E-state index contributed by atoms with van der Waals surface area (Å²) in [5.74, 6) is 1.49. The van der Waals surface area contributed by atoms with Crippen LogP contribution in [0.2, 0.25) is 0 Å². The topological polar surface area (TPSA) is 46.3 Å². The van der Waals surface area contributed by atoms with E-state index in [4.69, 9.17) is 5.73 Å². The molecule has 1 unspecified atom stereocenters. The Morgan fingerprint density at radius 1 is 1.24 bits per heavy atom. The van der Waals surface area contributed by atoms with E-state index < -0.39 is 0 Å². The van der Waals surface area contributed by atoms with Gasteiger partial charge in [0.15, 0.2) is 0 Å². The van der Waals surface area contributed by atoms with Crippen LogP contribution in [0.25, 0.3) is 0 Å². The van der Waals surface area contributed by atoms with Gasteiger partial charge < -0.3 is 10.6 Å². The van der Waals surface area contributed by atoms with Crippen LogP contribution in [0.1, 0.15) is 38.7 Å². The van der Waals surface area contributed by atoms with Crippen LogP contribution in [0.4, 0.5) is 0 Å². The van der Waals surface area contributed by atoms with Crippen LogP contribution in [0.5, 0.6) is 0 Å². The summed E-state index contributed by atoms with van der Waals surface area (Å²) in [4.78, 5) is 14.3. The fraction of sp³-hybridized carbons (Fsp3) is 0.588. The van der Waals surface area contributed by atoms with E-state index in [-0.39, 0.29) is 30.3 Å². The lowest BCUT2D eigenvalue weighted by Gasteiger charge is -2.21. The molecule has 0 bridgehead atoms. The average molecular weight is 311 g/mol. The molecule has 1 heterocycles. The maximum Gasteiger partial charge on any atom is 0.222 e. The van der Waals surface area contributed by atoms with Crippen molar-refractivity contribution in [2.24, 2.45) is 17.6 Å². The molecule has 1 saturated heterocycles. The summed E-state index contributed by atoms with van der Waals surface area (Å²) in [5, 5.41) is 0. The Morgan fingerprint density at radius 2 is 1.86 bits per heavy atom. The quantitative estimate of drug-likeness (QED) is 0.929. The SMILES string of the molecule is CC(C)C(C)CC(=O)N1C[C@@H](N)[C@H](c2ccccc2)C1.Cl. The van der Waals surface area contributed by atoms with E-state index >= 15 is 0 Å². The van der Waals surface area contributed by atoms with Gasteiger partial charge in [-0.15, -0.1) is 12.4 Å². The highest BCUT2D eigenvalue weighted by Gasteiger charge is 2.34. The minimum atomic E-state index is 0. The number of nitrogens with zero attached hydrogens (tertiary/aromatic N) is 1. The van der Waals surface area contributed by atoms with Gasteiger partial charge in [0.05, 0.1) is 0 Å². The van der Waals surface area contributed by atoms with Gasteiger partial charge in [0.1, 0.15) is 0 Å². The smallest absolute Gasteiger partial charge is 0.222 e. The second kappa shape index (κ2) is 7.81. The Morgan fingerprint density at radius 3 is 2.43 bits per heavy atom. The van der Waals surface area contributed by atoms with Gasteiger partial charge in [-0.05, 0) is 17.4 Å². The standard InChI is InChI=1S/C17H26N2O.ClH/c1-12(2)13(3)9-17(20)19-10-15(16(18)11-19)14-7-5-4-6-8-14;/h4-8,12-13,15-16H,9-11,18H2,1-3H3;1H/t13?,15-,16+;/m0./s1. The minimum Gasteiger partial charge on any atom is -0.340 e. The summed E-state index contributed by atoms with van der Waals surface area (Å²) in [7, 11) is 0. The third-order valence-electron chi connectivity index (χ3n) is 4.58. The molecule has 0 aliphatic carbocycles. The first-order valence-electron chi connectivity index (χ1n) is 7.57. The zero-order chi connectivity index (χ0) is 14.7. The van der Waals surface area contributed by atoms with Crippen molar-refractivity contribution in [3.63, 3.8) is 0 Å². The summed E-state index contributed by atoms with van der Waals surface area (Å²) in [6.07, 6.45) is 0.631. The summed E-state index contributed by atoms with van der Waals surface area (Å²) >= 11 is 0. The third-order valence-corrected chi connectivity index (χ3v) is 4.58. The Balaban J connectivity index is 0.00000220. The molecular weight excluding hydrogens is 284 g/mol. The molecule has 21 heavy (non-hydrogen) atoms. The van der Waals surface area contributed by atoms with E-state index in [1.807, 2.05) is 23.1 Å². The Labute approximate surface area is 134 Å². The molecule has 3 atom stereocenters. The molecule has 118 valence electrons. The van der Waals surface area contributed by atoms with Crippen LogP contribution in [-0.4, -0.2) is 29.9 Å². The van der Waals surface area contributed by atoms with Crippen molar-refractivity contribution in [2.75, 3.05) is 13.1 Å². The number of hydrogen-bond acceptors (Lipinski definition) is 2. The van der Waals surface area contributed by atoms with Crippen molar-refractivity contribution in [3.8, 4) is 0 Å². The van der Waals surface area contributed by atoms with E-state index in [0.717, 1.165) is 6.54 Å². The molecule has 1 amide bonds. The van der Waals surface area contributed by atoms with E-state index in [1.165, 1.54) is 5.56 Å². The van der Waals surface area contributed by atoms with Crippen molar-refractivity contribution >= 4 is 18.3 Å². The van der Waals surface area contributed by atoms with Crippen molar-refractivity contribution in [2.45, 2.75) is 39.2 Å². The van der Waals surface area contributed by atoms with Crippen LogP contribution in [0.3, 0.4) is 0 Å². The van der Waals surface area contributed by atoms with E-state index in [2.05, 4.69) is 32.9 Å². The molecule has 3 nitrogen and oxygen atoms in total. The first-order chi connectivity index (χ1) is 9.49. The molecule has 1 aliphatic heterocycles. The first kappa shape index (κ1) is 18.0. The number of hydrogen-bond donors (Lipinski definition) is 1. The highest BCUT2D eigenvalue weighted by atomic mass is 35.5. The predicted octanol–water partition coefficient (Wildman–Crippen LogP) is 3.04. The highest BCUT2D eigenvalue weighted by Crippen LogP contribution is 2.27. The van der Waals surface area contributed by atoms with E-state index in [0.29, 0.717) is 24.8 Å². The lowest BCUT2D eigenvalue weighted by molar-refractivity contribution is -0.131. The maximum absolute atomic E-state index is 12.4. The van der Waals surface area contributed by atoms with Gasteiger partial charge >= 0.3 is 0 Å². The van der Waals surface area contributed by atoms with Crippen molar-refractivity contribution in [1.29, 1.82) is 0 Å². The largest absolute Gasteiger partial charge is 0.340 e. The van der Waals surface area contributed by atoms with Gasteiger partial charge in [-0.3, -0.25) is 4.79 Å². The first-order valence-corrected chi connectivity index (χ1v) is 7.57. The fourth-order valence-corrected chi connectivity index (χ4v) is 2.73. The normalized spacial score (nSPS) is 23.0. The lowest BCUT2D eigenvalue weighted by atomic mass is 9.94. The number of carbonyl (C=O) groups excluding carboxylic acids is 1. The van der Waals surface area contributed by atoms with Gasteiger partial charge in [-0.1, -0.05) is 51.1 Å². The number of nitrogens with two attached hydrogens (primary N) is 1. The molecule has 0 spiro atoms. The molecule has 1 aromatic carbocycles. The van der Waals surface area contributed by atoms with Crippen LogP contribution in [0, 0.1) is 11.8 Å². The predicted molar refractivity (Wildman–Crippen MR) is 89.6 cm³/mol. The number of likely N-dealkylation sites (tertiary alicyclic amines) is 1. The van der Waals surface area contributed by atoms with Crippen LogP contribution < -0.4 is 5.73 Å². The molecule has 2 N–H and O–H groups in total. The van der Waals surface area contributed by atoms with Crippen molar-refractivity contribution in [1.82, 2.24) is 4.90 Å². The number of benzene rings is 1. The summed E-state index contributed by atoms with van der Waals surface area (Å²) < 4.78 is 0. The molecule has 1 fully saturated rings. The lowest BCUT2D eigenvalue weighted by Crippen LogP contribution is -2.33. The molecule has 1 aromatic rings. The zero-order valence-electron chi connectivity index (χ0n) is 13.2. The van der Waals surface area contributed by atoms with E-state index in [9.17, 15) is 4.79 Å². The highest BCUT2D eigenvalue weighted by molar-refractivity contribution is 5.85. The van der Waals surface area contributed by atoms with Gasteiger partial charge in [-0.25, -0.2) is 0 Å². The Hall–Kier alpha value is -1.06. The molecule has 0 radical (unpaired) electrons. The van der Waals surface area contributed by atoms with Gasteiger partial charge in [-0.2, -0.15) is 0 Å². The number of halogens is 1. The second-order valence-corrected chi connectivity index (χ2v) is 6.41. The van der Waals surface area contributed by atoms with Gasteiger partial charge in [0.2, 0.25) is 5.91 Å². The van der Waals surface area contributed by atoms with E-state index in [1.54, 1.807) is 0 Å².